The first-order valence-electron chi connectivity index (χ1n) is 33.4. The van der Waals surface area contributed by atoms with Gasteiger partial charge in [-0.1, -0.05) is 133 Å². The van der Waals surface area contributed by atoms with Crippen molar-refractivity contribution in [3.05, 3.63) is 264 Å². The fourth-order valence-corrected chi connectivity index (χ4v) is 12.3. The Hall–Kier alpha value is -10.0. The predicted octanol–water partition coefficient (Wildman–Crippen LogP) is 9.41. The number of hydrogen-bond donors (Lipinski definition) is 1. The van der Waals surface area contributed by atoms with Gasteiger partial charge in [0.1, 0.15) is 24.2 Å². The van der Waals surface area contributed by atoms with Crippen molar-refractivity contribution in [1.29, 1.82) is 0 Å². The topological polar surface area (TPSA) is 304 Å². The summed E-state index contributed by atoms with van der Waals surface area (Å²) >= 11 is 6.14. The molecule has 0 unspecified atom stereocenters. The summed E-state index contributed by atoms with van der Waals surface area (Å²) in [6, 6.07) is 54.2. The molecule has 0 spiro atoms. The molecule has 7 aromatic rings. The van der Waals surface area contributed by atoms with Crippen molar-refractivity contribution in [2.24, 2.45) is 0 Å². The second-order valence-corrected chi connectivity index (χ2v) is 24.8. The van der Waals surface area contributed by atoms with Crippen LogP contribution in [-0.2, 0) is 80.6 Å². The van der Waals surface area contributed by atoms with E-state index in [0.717, 1.165) is 0 Å². The summed E-state index contributed by atoms with van der Waals surface area (Å²) in [7, 11) is 0. The Labute approximate surface area is 602 Å². The minimum Gasteiger partial charge on any atom is -0.453 e. The molecule has 20 atom stereocenters. The quantitative estimate of drug-likeness (QED) is 0.0241. The van der Waals surface area contributed by atoms with Crippen molar-refractivity contribution in [2.75, 3.05) is 12.5 Å². The van der Waals surface area contributed by atoms with Crippen LogP contribution in [0.5, 0.6) is 0 Å². The number of ether oxygens (including phenoxy) is 16. The molecule has 0 saturated carbocycles. The van der Waals surface area contributed by atoms with E-state index in [1.54, 1.807) is 127 Å². The summed E-state index contributed by atoms with van der Waals surface area (Å²) in [4.78, 5) is 116. The fraction of sp³-hybridized carbons (Fsp3) is 0.333. The lowest BCUT2D eigenvalue weighted by Crippen LogP contribution is -2.68. The maximum atomic E-state index is 15.1. The fourth-order valence-electron chi connectivity index (χ4n) is 12.2. The van der Waals surface area contributed by atoms with E-state index in [4.69, 9.17) is 87.4 Å². The molecule has 0 aliphatic carbocycles. The number of aliphatic hydroxyl groups is 1. The van der Waals surface area contributed by atoms with Crippen molar-refractivity contribution in [2.45, 2.75) is 151 Å². The largest absolute Gasteiger partial charge is 0.453 e. The van der Waals surface area contributed by atoms with Crippen LogP contribution in [0.2, 0.25) is 0 Å². The molecule has 0 radical (unpaired) electrons. The number of carbonyl (C=O) groups is 8. The molecule has 0 amide bonds. The van der Waals surface area contributed by atoms with Crippen LogP contribution < -0.4 is 0 Å². The third kappa shape index (κ3) is 18.3. The lowest BCUT2D eigenvalue weighted by molar-refractivity contribution is -0.393. The normalized spacial score (nSPS) is 28.7. The molecule has 1 N–H and O–H groups in total. The summed E-state index contributed by atoms with van der Waals surface area (Å²) in [6.07, 6.45) is -33.4. The average Bonchev–Trinajstić information content (AvgIpc) is 0.762. The van der Waals surface area contributed by atoms with E-state index in [1.807, 2.05) is 0 Å². The van der Waals surface area contributed by atoms with Crippen LogP contribution in [0.1, 0.15) is 100 Å². The van der Waals surface area contributed by atoms with Crippen LogP contribution >= 0.6 is 11.6 Å². The van der Waals surface area contributed by atoms with Gasteiger partial charge in [0.2, 0.25) is 0 Å². The number of benzene rings is 7. The summed E-state index contributed by atoms with van der Waals surface area (Å²) in [5.74, 6) is -8.60. The van der Waals surface area contributed by atoms with Gasteiger partial charge in [0.15, 0.2) is 80.1 Å². The maximum absolute atomic E-state index is 15.1. The number of esters is 8. The number of rotatable bonds is 25. The number of aliphatic hydroxyl groups excluding tert-OH is 1. The van der Waals surface area contributed by atoms with E-state index in [2.05, 4.69) is 6.58 Å². The first-order chi connectivity index (χ1) is 50.4. The third-order valence-electron chi connectivity index (χ3n) is 17.4. The number of carbonyl (C=O) groups excluding carboxylic acids is 8. The van der Waals surface area contributed by atoms with Crippen molar-refractivity contribution in [3.8, 4) is 0 Å². The SMILES string of the molecule is C=CCO[C@@H]1[C@@H](OC(=O)c2ccccc2)[C@H](C)O[C@@H](O)[C@@H]1O[C@@H]1O[C@@H](C)[C@H](OC(=O)c2ccccc2)[C@@H](OC(=O)c2ccccc2)[C@H]1O[C@@H]1O[C@@H](C)[C@H](OC(=O)c2ccccc2)[C@@H](O[C@@H]2O[C@@H](C)[C@H](OC(=O)c3ccccc3)[C@@H](OC(=O)CCl)[C@H]2OC(=O)c2ccccc2)[C@H]1OC(=O)c1ccccc1. The Kier molecular flexibility index (Phi) is 25.6. The van der Waals surface area contributed by atoms with Crippen LogP contribution in [0.15, 0.2) is 225 Å². The predicted molar refractivity (Wildman–Crippen MR) is 364 cm³/mol. The lowest BCUT2D eigenvalue weighted by atomic mass is 9.95. The molecule has 4 fully saturated rings. The van der Waals surface area contributed by atoms with Crippen LogP contribution in [0.4, 0.5) is 0 Å². The molecule has 26 heteroatoms. The van der Waals surface area contributed by atoms with E-state index < -0.39 is 176 Å². The van der Waals surface area contributed by atoms with Gasteiger partial charge < -0.3 is 80.9 Å². The van der Waals surface area contributed by atoms with Crippen LogP contribution in [0, 0.1) is 0 Å². The molecule has 4 saturated heterocycles. The smallest absolute Gasteiger partial charge is 0.338 e. The standard InChI is InChI=1S/C78H75ClO25/c1-6-42-89-60-56(95-68(81)48-28-14-7-15-29-48)44(2)90-75(88)64(60)103-78-67(62(99-72(85)52-36-22-11-23-37-52)58(46(4)93-78)97-70(83)50-32-18-9-19-33-50)104-77-66(101-74(87)54-40-26-13-27-41-54)63(59(47(5)92-77)98-71(84)51-34-20-10-21-35-51)102-76-65(100-73(86)53-38-24-12-25-39-53)61(94-55(80)43-79)57(45(3)91-76)96-69(82)49-30-16-8-17-31-49/h6-41,44-47,56-67,75-78,88H,1,42-43H2,2-5H3/t44-,45-,46-,47-,56-,57-,58-,59-,60+,61+,62+,63+,64+,65+,66+,67+,75+,76-,77-,78-/m0/s1. The van der Waals surface area contributed by atoms with Crippen molar-refractivity contribution in [3.63, 3.8) is 0 Å². The molecule has 0 bridgehead atoms. The zero-order valence-corrected chi connectivity index (χ0v) is 57.3. The third-order valence-corrected chi connectivity index (χ3v) is 17.6. The van der Waals surface area contributed by atoms with E-state index in [-0.39, 0.29) is 45.6 Å². The highest BCUT2D eigenvalue weighted by atomic mass is 35.5. The highest BCUT2D eigenvalue weighted by Gasteiger charge is 2.61. The number of halogens is 1. The molecule has 544 valence electrons. The Morgan fingerprint density at radius 2 is 0.567 bits per heavy atom. The number of hydrogen-bond acceptors (Lipinski definition) is 25. The van der Waals surface area contributed by atoms with Crippen molar-refractivity contribution < 1.29 is 119 Å². The van der Waals surface area contributed by atoms with E-state index in [1.165, 1.54) is 119 Å². The Balaban J connectivity index is 1.07. The van der Waals surface area contributed by atoms with Gasteiger partial charge in [0, 0.05) is 0 Å². The van der Waals surface area contributed by atoms with Gasteiger partial charge in [0.05, 0.1) is 70.0 Å². The molecule has 4 aliphatic heterocycles. The number of alkyl halides is 1. The first-order valence-corrected chi connectivity index (χ1v) is 34.0. The molecular weight excluding hydrogens is 1370 g/mol. The summed E-state index contributed by atoms with van der Waals surface area (Å²) in [6.45, 7) is 9.47. The molecule has 4 aliphatic rings. The second kappa shape index (κ2) is 35.4. The second-order valence-electron chi connectivity index (χ2n) is 24.5. The molecule has 25 nitrogen and oxygen atoms in total. The minimum absolute atomic E-state index is 0.00729. The van der Waals surface area contributed by atoms with Gasteiger partial charge >= 0.3 is 47.8 Å². The van der Waals surface area contributed by atoms with Gasteiger partial charge in [-0.2, -0.15) is 0 Å². The van der Waals surface area contributed by atoms with Crippen molar-refractivity contribution in [1.82, 2.24) is 0 Å². The Morgan fingerprint density at radius 1 is 0.327 bits per heavy atom. The molecule has 4 heterocycles. The Morgan fingerprint density at radius 3 is 0.885 bits per heavy atom. The Bertz CT molecular complexity index is 4030. The van der Waals surface area contributed by atoms with Crippen LogP contribution in [0.3, 0.4) is 0 Å². The maximum Gasteiger partial charge on any atom is 0.338 e. The molecular formula is C78H75ClO25. The highest BCUT2D eigenvalue weighted by molar-refractivity contribution is 6.26. The van der Waals surface area contributed by atoms with Gasteiger partial charge in [-0.3, -0.25) is 4.79 Å². The van der Waals surface area contributed by atoms with E-state index in [0.29, 0.717) is 0 Å². The van der Waals surface area contributed by atoms with Gasteiger partial charge in [-0.25, -0.2) is 33.6 Å². The molecule has 0 aromatic heterocycles. The van der Waals surface area contributed by atoms with E-state index >= 15 is 4.79 Å². The average molecular weight is 1450 g/mol. The first kappa shape index (κ1) is 75.1. The molecule has 11 rings (SSSR count). The molecule has 104 heavy (non-hydrogen) atoms. The lowest BCUT2D eigenvalue weighted by Gasteiger charge is -2.51. The highest BCUT2D eigenvalue weighted by Crippen LogP contribution is 2.41. The monoisotopic (exact) mass is 1450 g/mol. The van der Waals surface area contributed by atoms with Crippen molar-refractivity contribution >= 4 is 59.4 Å². The summed E-state index contributed by atoms with van der Waals surface area (Å²) < 4.78 is 104. The molecule has 7 aromatic carbocycles. The van der Waals surface area contributed by atoms with Gasteiger partial charge in [-0.15, -0.1) is 18.2 Å². The summed E-state index contributed by atoms with van der Waals surface area (Å²) in [5.41, 5.74) is 0.201. The zero-order valence-electron chi connectivity index (χ0n) is 56.6. The van der Waals surface area contributed by atoms with Gasteiger partial charge in [0.25, 0.3) is 0 Å². The zero-order chi connectivity index (χ0) is 73.4. The van der Waals surface area contributed by atoms with Crippen LogP contribution in [-0.4, -0.2) is 188 Å². The van der Waals surface area contributed by atoms with E-state index in [9.17, 15) is 38.7 Å². The van der Waals surface area contributed by atoms with Crippen LogP contribution in [0.25, 0.3) is 0 Å². The summed E-state index contributed by atoms with van der Waals surface area (Å²) in [5, 5.41) is 12.2. The minimum atomic E-state index is -2.12. The van der Waals surface area contributed by atoms with Gasteiger partial charge in [-0.05, 0) is 113 Å².